The Labute approximate surface area is 148 Å². The molecule has 1 aromatic carbocycles. The SMILES string of the molecule is CCCC(=O)NCC1CCCN(C(=O)Cc2cccc(C(=O)O)c2)C1. The predicted molar refractivity (Wildman–Crippen MR) is 94.3 cm³/mol. The van der Waals surface area contributed by atoms with Gasteiger partial charge in [0, 0.05) is 26.1 Å². The number of rotatable bonds is 7. The van der Waals surface area contributed by atoms with Crippen molar-refractivity contribution < 1.29 is 19.5 Å². The van der Waals surface area contributed by atoms with Crippen molar-refractivity contribution in [3.05, 3.63) is 35.4 Å². The van der Waals surface area contributed by atoms with Crippen molar-refractivity contribution in [1.82, 2.24) is 10.2 Å². The van der Waals surface area contributed by atoms with Gasteiger partial charge in [-0.1, -0.05) is 19.1 Å². The standard InChI is InChI=1S/C19H26N2O4/c1-2-5-17(22)20-12-15-7-4-9-21(13-15)18(23)11-14-6-3-8-16(10-14)19(24)25/h3,6,8,10,15H,2,4-5,7,9,11-13H2,1H3,(H,20,22)(H,24,25). The maximum Gasteiger partial charge on any atom is 0.335 e. The summed E-state index contributed by atoms with van der Waals surface area (Å²) in [5, 5.41) is 12.0. The van der Waals surface area contributed by atoms with Gasteiger partial charge in [0.05, 0.1) is 12.0 Å². The van der Waals surface area contributed by atoms with Crippen LogP contribution in [0.4, 0.5) is 0 Å². The number of piperidine rings is 1. The number of carboxylic acid groups (broad SMARTS) is 1. The van der Waals surface area contributed by atoms with Crippen molar-refractivity contribution in [2.24, 2.45) is 5.92 Å². The van der Waals surface area contributed by atoms with Crippen molar-refractivity contribution in [1.29, 1.82) is 0 Å². The molecule has 0 radical (unpaired) electrons. The average molecular weight is 346 g/mol. The van der Waals surface area contributed by atoms with E-state index in [1.165, 1.54) is 6.07 Å². The fourth-order valence-electron chi connectivity index (χ4n) is 3.13. The van der Waals surface area contributed by atoms with E-state index in [-0.39, 0.29) is 29.7 Å². The maximum atomic E-state index is 12.5. The number of nitrogens with one attached hydrogen (secondary N) is 1. The summed E-state index contributed by atoms with van der Waals surface area (Å²) in [5.41, 5.74) is 0.906. The van der Waals surface area contributed by atoms with Gasteiger partial charge in [-0.3, -0.25) is 9.59 Å². The van der Waals surface area contributed by atoms with Crippen LogP contribution in [0.3, 0.4) is 0 Å². The van der Waals surface area contributed by atoms with Gasteiger partial charge < -0.3 is 15.3 Å². The molecule has 2 rings (SSSR count). The van der Waals surface area contributed by atoms with Gasteiger partial charge in [-0.25, -0.2) is 4.79 Å². The monoisotopic (exact) mass is 346 g/mol. The Morgan fingerprint density at radius 2 is 2.12 bits per heavy atom. The second-order valence-corrected chi connectivity index (χ2v) is 6.58. The summed E-state index contributed by atoms with van der Waals surface area (Å²) in [4.78, 5) is 37.0. The minimum absolute atomic E-state index is 0.00660. The van der Waals surface area contributed by atoms with Crippen molar-refractivity contribution in [3.63, 3.8) is 0 Å². The number of amides is 2. The molecule has 6 nitrogen and oxygen atoms in total. The van der Waals surface area contributed by atoms with Gasteiger partial charge in [0.1, 0.15) is 0 Å². The maximum absolute atomic E-state index is 12.5. The first-order chi connectivity index (χ1) is 12.0. The van der Waals surface area contributed by atoms with E-state index in [9.17, 15) is 14.4 Å². The third-order valence-corrected chi connectivity index (χ3v) is 4.47. The van der Waals surface area contributed by atoms with Gasteiger partial charge in [-0.2, -0.15) is 0 Å². The number of carbonyl (C=O) groups is 3. The molecule has 1 heterocycles. The van der Waals surface area contributed by atoms with Gasteiger partial charge in [0.25, 0.3) is 0 Å². The van der Waals surface area contributed by atoms with Crippen molar-refractivity contribution in [2.75, 3.05) is 19.6 Å². The topological polar surface area (TPSA) is 86.7 Å². The molecule has 0 saturated carbocycles. The zero-order valence-corrected chi connectivity index (χ0v) is 14.7. The largest absolute Gasteiger partial charge is 0.478 e. The summed E-state index contributed by atoms with van der Waals surface area (Å²) in [6.07, 6.45) is 3.50. The predicted octanol–water partition coefficient (Wildman–Crippen LogP) is 2.08. The molecule has 1 unspecified atom stereocenters. The molecule has 6 heteroatoms. The highest BCUT2D eigenvalue weighted by Gasteiger charge is 2.24. The molecule has 136 valence electrons. The first-order valence-corrected chi connectivity index (χ1v) is 8.86. The van der Waals surface area contributed by atoms with Gasteiger partial charge in [-0.05, 0) is 42.9 Å². The molecule has 1 aliphatic heterocycles. The van der Waals surface area contributed by atoms with Crippen LogP contribution in [0.5, 0.6) is 0 Å². The summed E-state index contributed by atoms with van der Waals surface area (Å²) in [7, 11) is 0. The lowest BCUT2D eigenvalue weighted by atomic mass is 9.97. The Morgan fingerprint density at radius 1 is 1.32 bits per heavy atom. The Bertz CT molecular complexity index is 630. The third kappa shape index (κ3) is 5.89. The van der Waals surface area contributed by atoms with Gasteiger partial charge in [0.15, 0.2) is 0 Å². The van der Waals surface area contributed by atoms with Gasteiger partial charge >= 0.3 is 5.97 Å². The second-order valence-electron chi connectivity index (χ2n) is 6.58. The van der Waals surface area contributed by atoms with E-state index < -0.39 is 5.97 Å². The molecular formula is C19H26N2O4. The zero-order chi connectivity index (χ0) is 18.2. The van der Waals surface area contributed by atoms with Gasteiger partial charge in [-0.15, -0.1) is 0 Å². The van der Waals surface area contributed by atoms with E-state index >= 15 is 0 Å². The van der Waals surface area contributed by atoms with Crippen LogP contribution in [0, 0.1) is 5.92 Å². The molecule has 2 N–H and O–H groups in total. The molecule has 2 amide bonds. The Kier molecular flexibility index (Phi) is 6.98. The Morgan fingerprint density at radius 3 is 2.84 bits per heavy atom. The number of carbonyl (C=O) groups excluding carboxylic acids is 2. The molecule has 1 fully saturated rings. The zero-order valence-electron chi connectivity index (χ0n) is 14.7. The fraction of sp³-hybridized carbons (Fsp3) is 0.526. The highest BCUT2D eigenvalue weighted by atomic mass is 16.4. The van der Waals surface area contributed by atoms with Crippen LogP contribution < -0.4 is 5.32 Å². The summed E-state index contributed by atoms with van der Waals surface area (Å²) in [6, 6.07) is 6.50. The molecule has 0 aliphatic carbocycles. The van der Waals surface area contributed by atoms with Crippen LogP contribution in [0.15, 0.2) is 24.3 Å². The quantitative estimate of drug-likeness (QED) is 0.791. The van der Waals surface area contributed by atoms with Crippen molar-refractivity contribution in [2.45, 2.75) is 39.0 Å². The lowest BCUT2D eigenvalue weighted by molar-refractivity contribution is -0.132. The summed E-state index contributed by atoms with van der Waals surface area (Å²) in [6.45, 7) is 3.94. The second kappa shape index (κ2) is 9.20. The van der Waals surface area contributed by atoms with E-state index in [4.69, 9.17) is 5.11 Å². The van der Waals surface area contributed by atoms with Crippen LogP contribution in [0.25, 0.3) is 0 Å². The van der Waals surface area contributed by atoms with E-state index in [0.29, 0.717) is 25.1 Å². The smallest absolute Gasteiger partial charge is 0.335 e. The molecule has 25 heavy (non-hydrogen) atoms. The minimum atomic E-state index is -0.991. The van der Waals surface area contributed by atoms with Crippen LogP contribution in [-0.2, 0) is 16.0 Å². The average Bonchev–Trinajstić information content (AvgIpc) is 2.60. The molecular weight excluding hydrogens is 320 g/mol. The van der Waals surface area contributed by atoms with E-state index in [0.717, 1.165) is 25.8 Å². The Balaban J connectivity index is 1.87. The summed E-state index contributed by atoms with van der Waals surface area (Å²) < 4.78 is 0. The highest BCUT2D eigenvalue weighted by molar-refractivity contribution is 5.88. The van der Waals surface area contributed by atoms with E-state index in [2.05, 4.69) is 5.32 Å². The first-order valence-electron chi connectivity index (χ1n) is 8.86. The number of hydrogen-bond acceptors (Lipinski definition) is 3. The van der Waals surface area contributed by atoms with E-state index in [1.807, 2.05) is 11.8 Å². The molecule has 1 aromatic rings. The molecule has 0 bridgehead atoms. The molecule has 1 saturated heterocycles. The fourth-order valence-corrected chi connectivity index (χ4v) is 3.13. The minimum Gasteiger partial charge on any atom is -0.478 e. The Hall–Kier alpha value is -2.37. The van der Waals surface area contributed by atoms with Crippen molar-refractivity contribution in [3.8, 4) is 0 Å². The van der Waals surface area contributed by atoms with Crippen LogP contribution in [-0.4, -0.2) is 47.4 Å². The van der Waals surface area contributed by atoms with Crippen LogP contribution in [0.1, 0.15) is 48.5 Å². The molecule has 1 aliphatic rings. The van der Waals surface area contributed by atoms with Crippen LogP contribution in [0.2, 0.25) is 0 Å². The number of hydrogen-bond donors (Lipinski definition) is 2. The molecule has 0 spiro atoms. The number of nitrogens with zero attached hydrogens (tertiary/aromatic N) is 1. The lowest BCUT2D eigenvalue weighted by Gasteiger charge is -2.33. The highest BCUT2D eigenvalue weighted by Crippen LogP contribution is 2.17. The first kappa shape index (κ1) is 19.0. The molecule has 1 atom stereocenters. The third-order valence-electron chi connectivity index (χ3n) is 4.47. The molecule has 0 aromatic heterocycles. The van der Waals surface area contributed by atoms with E-state index in [1.54, 1.807) is 18.2 Å². The van der Waals surface area contributed by atoms with Crippen LogP contribution >= 0.6 is 0 Å². The number of carboxylic acids is 1. The number of benzene rings is 1. The summed E-state index contributed by atoms with van der Waals surface area (Å²) in [5.74, 6) is -0.637. The normalized spacial score (nSPS) is 17.2. The van der Waals surface area contributed by atoms with Gasteiger partial charge in [0.2, 0.25) is 11.8 Å². The van der Waals surface area contributed by atoms with Crippen molar-refractivity contribution >= 4 is 17.8 Å². The summed E-state index contributed by atoms with van der Waals surface area (Å²) >= 11 is 0. The number of aromatic carboxylic acids is 1. The lowest BCUT2D eigenvalue weighted by Crippen LogP contribution is -2.44. The number of likely N-dealkylation sites (tertiary alicyclic amines) is 1.